The molecular formula is C21H20N4. The standard InChI is InChI=1S/C21H20N4/c1-12-7-13(2)18(14(3)8-12)19-16-6-4-5-15(16)17(9-22)20(25)21(19,10-23)11-24/h5,7-8,16,19H,4,6,25H2,1-3H3/t16-,19+/m1/s1. The average molecular weight is 328 g/mol. The van der Waals surface area contributed by atoms with Gasteiger partial charge in [-0.3, -0.25) is 0 Å². The first-order chi connectivity index (χ1) is 11.9. The number of aryl methyl sites for hydroxylation is 3. The highest BCUT2D eigenvalue weighted by atomic mass is 14.7. The van der Waals surface area contributed by atoms with Crippen molar-refractivity contribution in [3.8, 4) is 18.2 Å². The van der Waals surface area contributed by atoms with Crippen molar-refractivity contribution in [3.63, 3.8) is 0 Å². The fourth-order valence-corrected chi connectivity index (χ4v) is 4.69. The van der Waals surface area contributed by atoms with Crippen LogP contribution >= 0.6 is 0 Å². The van der Waals surface area contributed by atoms with E-state index in [1.165, 1.54) is 0 Å². The van der Waals surface area contributed by atoms with Gasteiger partial charge in [0.1, 0.15) is 6.07 Å². The maximum Gasteiger partial charge on any atom is 0.191 e. The van der Waals surface area contributed by atoms with E-state index in [2.05, 4.69) is 30.3 Å². The quantitative estimate of drug-likeness (QED) is 0.847. The van der Waals surface area contributed by atoms with Crippen LogP contribution in [-0.2, 0) is 0 Å². The summed E-state index contributed by atoms with van der Waals surface area (Å²) in [4.78, 5) is 0. The van der Waals surface area contributed by atoms with Gasteiger partial charge in [0.05, 0.1) is 23.4 Å². The largest absolute Gasteiger partial charge is 0.399 e. The third-order valence-corrected chi connectivity index (χ3v) is 5.61. The molecule has 0 fully saturated rings. The molecule has 0 saturated heterocycles. The van der Waals surface area contributed by atoms with Gasteiger partial charge in [0.25, 0.3) is 0 Å². The summed E-state index contributed by atoms with van der Waals surface area (Å²) in [7, 11) is 0. The van der Waals surface area contributed by atoms with E-state index in [0.29, 0.717) is 5.57 Å². The first-order valence-electron chi connectivity index (χ1n) is 8.42. The SMILES string of the molecule is Cc1cc(C)c([C@@H]2[C@@H]3CCC=C3C(C#N)=C(N)C2(C#N)C#N)c(C)c1. The number of allylic oxidation sites excluding steroid dienone is 4. The highest BCUT2D eigenvalue weighted by Crippen LogP contribution is 2.57. The van der Waals surface area contributed by atoms with Crippen LogP contribution < -0.4 is 5.73 Å². The second-order valence-corrected chi connectivity index (χ2v) is 7.07. The summed E-state index contributed by atoms with van der Waals surface area (Å²) in [6, 6.07) is 10.7. The molecule has 0 radical (unpaired) electrons. The van der Waals surface area contributed by atoms with E-state index in [1.54, 1.807) is 0 Å². The van der Waals surface area contributed by atoms with Gasteiger partial charge in [-0.2, -0.15) is 15.8 Å². The zero-order valence-electron chi connectivity index (χ0n) is 14.7. The highest BCUT2D eigenvalue weighted by molar-refractivity contribution is 5.61. The molecule has 2 atom stereocenters. The zero-order valence-corrected chi connectivity index (χ0v) is 14.7. The molecule has 3 rings (SSSR count). The minimum absolute atomic E-state index is 0.0265. The smallest absolute Gasteiger partial charge is 0.191 e. The Morgan fingerprint density at radius 3 is 2.20 bits per heavy atom. The number of hydrogen-bond acceptors (Lipinski definition) is 4. The van der Waals surface area contributed by atoms with Crippen LogP contribution in [0.5, 0.6) is 0 Å². The minimum atomic E-state index is -1.51. The summed E-state index contributed by atoms with van der Waals surface area (Å²) in [5.41, 5.74) is 10.4. The van der Waals surface area contributed by atoms with Crippen molar-refractivity contribution in [1.29, 1.82) is 15.8 Å². The number of hydrogen-bond donors (Lipinski definition) is 1. The second kappa shape index (κ2) is 5.80. The topological polar surface area (TPSA) is 97.4 Å². The molecule has 1 aromatic carbocycles. The van der Waals surface area contributed by atoms with Gasteiger partial charge in [-0.05, 0) is 61.8 Å². The maximum absolute atomic E-state index is 10.00. The number of benzene rings is 1. The second-order valence-electron chi connectivity index (χ2n) is 7.07. The van der Waals surface area contributed by atoms with Crippen LogP contribution in [0.4, 0.5) is 0 Å². The van der Waals surface area contributed by atoms with Gasteiger partial charge in [-0.25, -0.2) is 0 Å². The Morgan fingerprint density at radius 2 is 1.68 bits per heavy atom. The molecule has 2 aliphatic rings. The molecule has 2 aliphatic carbocycles. The predicted molar refractivity (Wildman–Crippen MR) is 94.7 cm³/mol. The van der Waals surface area contributed by atoms with E-state index in [1.807, 2.05) is 26.8 Å². The predicted octanol–water partition coefficient (Wildman–Crippen LogP) is 3.82. The number of fused-ring (bicyclic) bond motifs is 1. The van der Waals surface area contributed by atoms with Crippen molar-refractivity contribution >= 4 is 0 Å². The van der Waals surface area contributed by atoms with E-state index in [0.717, 1.165) is 40.7 Å². The van der Waals surface area contributed by atoms with Gasteiger partial charge in [-0.15, -0.1) is 0 Å². The summed E-state index contributed by atoms with van der Waals surface area (Å²) in [6.07, 6.45) is 3.71. The maximum atomic E-state index is 10.00. The molecule has 2 N–H and O–H groups in total. The molecule has 4 heteroatoms. The molecule has 0 bridgehead atoms. The molecule has 0 spiro atoms. The molecular weight excluding hydrogens is 308 g/mol. The van der Waals surface area contributed by atoms with Crippen LogP contribution in [0.1, 0.15) is 41.0 Å². The van der Waals surface area contributed by atoms with Crippen molar-refractivity contribution in [2.75, 3.05) is 0 Å². The summed E-state index contributed by atoms with van der Waals surface area (Å²) in [6.45, 7) is 6.08. The third-order valence-electron chi connectivity index (χ3n) is 5.61. The molecule has 0 saturated carbocycles. The third kappa shape index (κ3) is 2.17. The van der Waals surface area contributed by atoms with Gasteiger partial charge >= 0.3 is 0 Å². The molecule has 124 valence electrons. The summed E-state index contributed by atoms with van der Waals surface area (Å²) in [5.74, 6) is -0.379. The van der Waals surface area contributed by atoms with Crippen LogP contribution in [0.25, 0.3) is 0 Å². The lowest BCUT2D eigenvalue weighted by molar-refractivity contribution is 0.343. The summed E-state index contributed by atoms with van der Waals surface area (Å²) < 4.78 is 0. The Balaban J connectivity index is 2.39. The van der Waals surface area contributed by atoms with E-state index < -0.39 is 5.41 Å². The Kier molecular flexibility index (Phi) is 3.90. The van der Waals surface area contributed by atoms with Crippen molar-refractivity contribution < 1.29 is 0 Å². The molecule has 0 aliphatic heterocycles. The van der Waals surface area contributed by atoms with E-state index >= 15 is 0 Å². The average Bonchev–Trinajstić information content (AvgIpc) is 3.03. The number of nitrogens with two attached hydrogens (primary N) is 1. The van der Waals surface area contributed by atoms with Crippen molar-refractivity contribution in [2.45, 2.75) is 39.5 Å². The molecule has 0 amide bonds. The molecule has 0 heterocycles. The Labute approximate surface area is 148 Å². The minimum Gasteiger partial charge on any atom is -0.399 e. The highest BCUT2D eigenvalue weighted by Gasteiger charge is 2.54. The van der Waals surface area contributed by atoms with E-state index in [-0.39, 0.29) is 17.5 Å². The monoisotopic (exact) mass is 328 g/mol. The molecule has 4 nitrogen and oxygen atoms in total. The first kappa shape index (κ1) is 16.8. The van der Waals surface area contributed by atoms with Crippen molar-refractivity contribution in [3.05, 3.63) is 57.3 Å². The summed E-state index contributed by atoms with van der Waals surface area (Å²) >= 11 is 0. The van der Waals surface area contributed by atoms with Gasteiger partial charge < -0.3 is 5.73 Å². The lowest BCUT2D eigenvalue weighted by Gasteiger charge is -2.41. The number of nitriles is 3. The lowest BCUT2D eigenvalue weighted by Crippen LogP contribution is -2.41. The van der Waals surface area contributed by atoms with Crippen LogP contribution in [0.15, 0.2) is 35.1 Å². The van der Waals surface area contributed by atoms with Gasteiger partial charge in [0.2, 0.25) is 0 Å². The molecule has 0 aromatic heterocycles. The molecule has 0 unspecified atom stereocenters. The number of nitrogens with zero attached hydrogens (tertiary/aromatic N) is 3. The Bertz CT molecular complexity index is 907. The van der Waals surface area contributed by atoms with E-state index in [9.17, 15) is 15.8 Å². The van der Waals surface area contributed by atoms with Crippen LogP contribution in [0.3, 0.4) is 0 Å². The van der Waals surface area contributed by atoms with Crippen molar-refractivity contribution in [1.82, 2.24) is 0 Å². The van der Waals surface area contributed by atoms with Crippen molar-refractivity contribution in [2.24, 2.45) is 17.1 Å². The molecule has 25 heavy (non-hydrogen) atoms. The fourth-order valence-electron chi connectivity index (χ4n) is 4.69. The first-order valence-corrected chi connectivity index (χ1v) is 8.42. The zero-order chi connectivity index (χ0) is 18.4. The lowest BCUT2D eigenvalue weighted by atomic mass is 9.58. The van der Waals surface area contributed by atoms with E-state index in [4.69, 9.17) is 5.73 Å². The van der Waals surface area contributed by atoms with Crippen LogP contribution in [-0.4, -0.2) is 0 Å². The fraction of sp³-hybridized carbons (Fsp3) is 0.381. The van der Waals surface area contributed by atoms with Gasteiger partial charge in [-0.1, -0.05) is 23.8 Å². The van der Waals surface area contributed by atoms with Crippen LogP contribution in [0.2, 0.25) is 0 Å². The molecule has 1 aromatic rings. The van der Waals surface area contributed by atoms with Gasteiger partial charge in [0.15, 0.2) is 5.41 Å². The Morgan fingerprint density at radius 1 is 1.08 bits per heavy atom. The number of rotatable bonds is 1. The normalized spacial score (nSPS) is 23.9. The summed E-state index contributed by atoms with van der Waals surface area (Å²) in [5, 5.41) is 29.6. The van der Waals surface area contributed by atoms with Gasteiger partial charge in [0, 0.05) is 5.92 Å². The Hall–Kier alpha value is -3.03. The van der Waals surface area contributed by atoms with Crippen LogP contribution in [0, 0.1) is 66.1 Å².